The number of rotatable bonds is 3. The van der Waals surface area contributed by atoms with E-state index in [1.54, 1.807) is 31.3 Å². The van der Waals surface area contributed by atoms with E-state index < -0.39 is 0 Å². The number of pyridine rings is 1. The first-order valence-corrected chi connectivity index (χ1v) is 8.29. The molecule has 23 heavy (non-hydrogen) atoms. The van der Waals surface area contributed by atoms with Gasteiger partial charge in [0.15, 0.2) is 0 Å². The van der Waals surface area contributed by atoms with E-state index >= 15 is 0 Å². The largest absolute Gasteiger partial charge is 0.323 e. The summed E-state index contributed by atoms with van der Waals surface area (Å²) in [5.74, 6) is -0.326. The van der Waals surface area contributed by atoms with Gasteiger partial charge in [0, 0.05) is 6.20 Å². The molecular weight excluding hydrogens is 334 g/mol. The van der Waals surface area contributed by atoms with Crippen LogP contribution in [0.15, 0.2) is 47.6 Å². The van der Waals surface area contributed by atoms with Gasteiger partial charge in [0.1, 0.15) is 6.54 Å². The molecular formula is C16H14ClN3O2S. The van der Waals surface area contributed by atoms with E-state index in [1.165, 1.54) is 16.7 Å². The highest BCUT2D eigenvalue weighted by molar-refractivity contribution is 8.00. The molecule has 7 heteroatoms. The number of benzene rings is 1. The number of carbonyl (C=O) groups excluding carboxylic acids is 2. The molecule has 0 fully saturated rings. The van der Waals surface area contributed by atoms with Crippen LogP contribution in [0.25, 0.3) is 0 Å². The molecule has 2 amide bonds. The number of hydrogen-bond acceptors (Lipinski definition) is 4. The van der Waals surface area contributed by atoms with E-state index in [0.717, 1.165) is 0 Å². The fourth-order valence-electron chi connectivity index (χ4n) is 2.31. The Morgan fingerprint density at radius 2 is 2.13 bits per heavy atom. The Morgan fingerprint density at radius 3 is 2.87 bits per heavy atom. The first-order chi connectivity index (χ1) is 11.0. The third-order valence-corrected chi connectivity index (χ3v) is 4.64. The molecule has 0 radical (unpaired) electrons. The molecule has 1 N–H and O–H groups in total. The van der Waals surface area contributed by atoms with E-state index in [1.807, 2.05) is 18.2 Å². The van der Waals surface area contributed by atoms with Gasteiger partial charge >= 0.3 is 0 Å². The van der Waals surface area contributed by atoms with Crippen LogP contribution in [0.4, 0.5) is 11.4 Å². The predicted molar refractivity (Wildman–Crippen MR) is 92.0 cm³/mol. The Morgan fingerprint density at radius 1 is 1.35 bits per heavy atom. The highest BCUT2D eigenvalue weighted by Gasteiger charge is 2.30. The summed E-state index contributed by atoms with van der Waals surface area (Å²) in [5, 5.41) is 3.66. The number of hydrogen-bond donors (Lipinski definition) is 1. The van der Waals surface area contributed by atoms with Crippen molar-refractivity contribution < 1.29 is 9.59 Å². The molecule has 1 atom stereocenters. The average Bonchev–Trinajstić information content (AvgIpc) is 2.55. The summed E-state index contributed by atoms with van der Waals surface area (Å²) in [4.78, 5) is 30.3. The van der Waals surface area contributed by atoms with Crippen molar-refractivity contribution in [3.8, 4) is 0 Å². The third-order valence-electron chi connectivity index (χ3n) is 3.38. The second-order valence-electron chi connectivity index (χ2n) is 5.06. The lowest BCUT2D eigenvalue weighted by molar-refractivity contribution is -0.121. The van der Waals surface area contributed by atoms with Gasteiger partial charge in [0.2, 0.25) is 11.8 Å². The number of carbonyl (C=O) groups is 2. The zero-order chi connectivity index (χ0) is 16.4. The second-order valence-corrected chi connectivity index (χ2v) is 6.86. The minimum atomic E-state index is -0.373. The SMILES string of the molecule is C[C@H](Sc1ccc(Cl)cn1)C(=O)N1CC(=O)Nc2ccccc21. The third kappa shape index (κ3) is 3.48. The van der Waals surface area contributed by atoms with Crippen molar-refractivity contribution in [2.24, 2.45) is 0 Å². The Bertz CT molecular complexity index is 751. The van der Waals surface area contributed by atoms with Crippen molar-refractivity contribution in [2.45, 2.75) is 17.2 Å². The van der Waals surface area contributed by atoms with Crippen LogP contribution in [-0.2, 0) is 9.59 Å². The van der Waals surface area contributed by atoms with Gasteiger partial charge in [-0.15, -0.1) is 0 Å². The standard InChI is InChI=1S/C16H14ClN3O2S/c1-10(23-15-7-6-11(17)8-18-15)16(22)20-9-14(21)19-12-4-2-3-5-13(12)20/h2-8,10H,9H2,1H3,(H,19,21)/t10-/m0/s1. The van der Waals surface area contributed by atoms with Crippen molar-refractivity contribution in [1.29, 1.82) is 0 Å². The molecule has 0 aliphatic carbocycles. The first-order valence-electron chi connectivity index (χ1n) is 7.03. The fraction of sp³-hybridized carbons (Fsp3) is 0.188. The van der Waals surface area contributed by atoms with Crippen LogP contribution in [0.2, 0.25) is 5.02 Å². The Kier molecular flexibility index (Phi) is 4.54. The Balaban J connectivity index is 1.79. The second kappa shape index (κ2) is 6.60. The van der Waals surface area contributed by atoms with Gasteiger partial charge in [-0.1, -0.05) is 35.5 Å². The number of amides is 2. The molecule has 2 aromatic rings. The summed E-state index contributed by atoms with van der Waals surface area (Å²) in [6.45, 7) is 1.83. The number of fused-ring (bicyclic) bond motifs is 1. The summed E-state index contributed by atoms with van der Waals surface area (Å²) in [5.41, 5.74) is 1.37. The lowest BCUT2D eigenvalue weighted by atomic mass is 10.2. The van der Waals surface area contributed by atoms with Crippen LogP contribution in [-0.4, -0.2) is 28.6 Å². The number of thioether (sulfide) groups is 1. The fourth-order valence-corrected chi connectivity index (χ4v) is 3.28. The van der Waals surface area contributed by atoms with E-state index in [9.17, 15) is 9.59 Å². The molecule has 1 aromatic carbocycles. The van der Waals surface area contributed by atoms with Crippen molar-refractivity contribution >= 4 is 46.6 Å². The number of nitrogens with one attached hydrogen (secondary N) is 1. The molecule has 118 valence electrons. The van der Waals surface area contributed by atoms with Crippen molar-refractivity contribution in [3.05, 3.63) is 47.6 Å². The number of halogens is 1. The molecule has 0 saturated carbocycles. The van der Waals surface area contributed by atoms with Crippen LogP contribution < -0.4 is 10.2 Å². The van der Waals surface area contributed by atoms with Gasteiger partial charge in [-0.25, -0.2) is 4.98 Å². The minimum Gasteiger partial charge on any atom is -0.323 e. The summed E-state index contributed by atoms with van der Waals surface area (Å²) < 4.78 is 0. The summed E-state index contributed by atoms with van der Waals surface area (Å²) in [6.07, 6.45) is 1.55. The van der Waals surface area contributed by atoms with Crippen LogP contribution in [0, 0.1) is 0 Å². The van der Waals surface area contributed by atoms with Crippen molar-refractivity contribution in [1.82, 2.24) is 4.98 Å². The molecule has 0 spiro atoms. The molecule has 2 heterocycles. The quantitative estimate of drug-likeness (QED) is 0.866. The highest BCUT2D eigenvalue weighted by atomic mass is 35.5. The van der Waals surface area contributed by atoms with Gasteiger partial charge in [-0.3, -0.25) is 14.5 Å². The summed E-state index contributed by atoms with van der Waals surface area (Å²) in [7, 11) is 0. The zero-order valence-electron chi connectivity index (χ0n) is 12.3. The summed E-state index contributed by atoms with van der Waals surface area (Å²) in [6, 6.07) is 10.8. The predicted octanol–water partition coefficient (Wildman–Crippen LogP) is 3.20. The molecule has 0 bridgehead atoms. The summed E-state index contributed by atoms with van der Waals surface area (Å²) >= 11 is 7.15. The van der Waals surface area contributed by atoms with E-state index in [0.29, 0.717) is 21.4 Å². The molecule has 1 aromatic heterocycles. The molecule has 0 saturated heterocycles. The van der Waals surface area contributed by atoms with E-state index in [4.69, 9.17) is 11.6 Å². The number of nitrogens with zero attached hydrogens (tertiary/aromatic N) is 2. The van der Waals surface area contributed by atoms with Gasteiger partial charge < -0.3 is 5.32 Å². The highest BCUT2D eigenvalue weighted by Crippen LogP contribution is 2.31. The normalized spacial score (nSPS) is 14.9. The van der Waals surface area contributed by atoms with Crippen molar-refractivity contribution in [2.75, 3.05) is 16.8 Å². The average molecular weight is 348 g/mol. The zero-order valence-corrected chi connectivity index (χ0v) is 13.9. The van der Waals surface area contributed by atoms with E-state index in [2.05, 4.69) is 10.3 Å². The molecule has 1 aliphatic rings. The Labute approximate surface area is 143 Å². The van der Waals surface area contributed by atoms with Crippen LogP contribution in [0.1, 0.15) is 6.92 Å². The monoisotopic (exact) mass is 347 g/mol. The van der Waals surface area contributed by atoms with Crippen molar-refractivity contribution in [3.63, 3.8) is 0 Å². The Hall–Kier alpha value is -2.05. The number of para-hydroxylation sites is 2. The topological polar surface area (TPSA) is 62.3 Å². The lowest BCUT2D eigenvalue weighted by Crippen LogP contribution is -2.45. The minimum absolute atomic E-state index is 0.0226. The van der Waals surface area contributed by atoms with Gasteiger partial charge in [-0.2, -0.15) is 0 Å². The van der Waals surface area contributed by atoms with Gasteiger partial charge in [0.25, 0.3) is 0 Å². The lowest BCUT2D eigenvalue weighted by Gasteiger charge is -2.30. The van der Waals surface area contributed by atoms with Gasteiger partial charge in [-0.05, 0) is 31.2 Å². The number of anilines is 2. The van der Waals surface area contributed by atoms with Crippen LogP contribution >= 0.6 is 23.4 Å². The molecule has 3 rings (SSSR count). The maximum absolute atomic E-state index is 12.7. The first kappa shape index (κ1) is 15.8. The maximum Gasteiger partial charge on any atom is 0.244 e. The molecule has 1 aliphatic heterocycles. The molecule has 5 nitrogen and oxygen atoms in total. The van der Waals surface area contributed by atoms with Crippen LogP contribution in [0.3, 0.4) is 0 Å². The molecule has 0 unspecified atom stereocenters. The van der Waals surface area contributed by atoms with E-state index in [-0.39, 0.29) is 23.6 Å². The number of aromatic nitrogens is 1. The maximum atomic E-state index is 12.7. The van der Waals surface area contributed by atoms with Crippen LogP contribution in [0.5, 0.6) is 0 Å². The van der Waals surface area contributed by atoms with Gasteiger partial charge in [0.05, 0.1) is 26.7 Å². The smallest absolute Gasteiger partial charge is 0.244 e.